The number of nitrogens with one attached hydrogen (secondary N) is 4. The van der Waals surface area contributed by atoms with Crippen molar-refractivity contribution in [1.82, 2.24) is 25.5 Å². The van der Waals surface area contributed by atoms with Gasteiger partial charge < -0.3 is 15.6 Å². The number of carbonyl (C=O) groups excluding carboxylic acids is 2. The van der Waals surface area contributed by atoms with Gasteiger partial charge in [-0.1, -0.05) is 24.3 Å². The fourth-order valence-corrected chi connectivity index (χ4v) is 4.33. The number of H-pyrrole nitrogens is 2. The molecule has 0 spiro atoms. The maximum absolute atomic E-state index is 12.5. The number of para-hydroxylation sites is 1. The third kappa shape index (κ3) is 4.95. The zero-order valence-corrected chi connectivity index (χ0v) is 18.2. The maximum atomic E-state index is 12.5. The van der Waals surface area contributed by atoms with Crippen LogP contribution < -0.4 is 10.6 Å². The summed E-state index contributed by atoms with van der Waals surface area (Å²) in [6.45, 7) is 0. The minimum Gasteiger partial charge on any atom is -0.361 e. The fourth-order valence-electron chi connectivity index (χ4n) is 4.33. The zero-order chi connectivity index (χ0) is 22.6. The molecule has 4 N–H and O–H groups in total. The number of fused-ring (bicyclic) bond motifs is 1. The van der Waals surface area contributed by atoms with Gasteiger partial charge in [-0.3, -0.25) is 19.7 Å². The molecular formula is C25H26N6O2. The number of rotatable bonds is 8. The smallest absolute Gasteiger partial charge is 0.225 e. The van der Waals surface area contributed by atoms with E-state index in [1.54, 1.807) is 12.4 Å². The summed E-state index contributed by atoms with van der Waals surface area (Å²) in [5.41, 5.74) is 4.00. The van der Waals surface area contributed by atoms with Gasteiger partial charge >= 0.3 is 0 Å². The van der Waals surface area contributed by atoms with Crippen molar-refractivity contribution in [3.63, 3.8) is 0 Å². The normalized spacial score (nSPS) is 17.5. The second-order valence-corrected chi connectivity index (χ2v) is 8.58. The van der Waals surface area contributed by atoms with Crippen molar-refractivity contribution in [2.45, 2.75) is 44.1 Å². The van der Waals surface area contributed by atoms with Crippen LogP contribution in [0.4, 0.5) is 5.82 Å². The number of carbonyl (C=O) groups is 2. The summed E-state index contributed by atoms with van der Waals surface area (Å²) in [6, 6.07) is 13.9. The second-order valence-electron chi connectivity index (χ2n) is 8.58. The van der Waals surface area contributed by atoms with Gasteiger partial charge in [-0.2, -0.15) is 5.10 Å². The molecule has 1 aliphatic carbocycles. The molecule has 3 aromatic heterocycles. The molecule has 0 bridgehead atoms. The summed E-state index contributed by atoms with van der Waals surface area (Å²) in [5, 5.41) is 14.3. The summed E-state index contributed by atoms with van der Waals surface area (Å²) in [4.78, 5) is 32.0. The minimum absolute atomic E-state index is 0.0341. The lowest BCUT2D eigenvalue weighted by molar-refractivity contribution is -0.121. The molecule has 3 heterocycles. The molecule has 168 valence electrons. The van der Waals surface area contributed by atoms with Gasteiger partial charge in [0.1, 0.15) is 5.82 Å². The Balaban J connectivity index is 1.06. The summed E-state index contributed by atoms with van der Waals surface area (Å²) in [5.74, 6) is 0.852. The largest absolute Gasteiger partial charge is 0.361 e. The molecule has 1 saturated carbocycles. The van der Waals surface area contributed by atoms with Gasteiger partial charge in [-0.15, -0.1) is 0 Å². The molecule has 33 heavy (non-hydrogen) atoms. The molecule has 2 amide bonds. The predicted octanol–water partition coefficient (Wildman–Crippen LogP) is 3.46. The molecule has 0 saturated heterocycles. The Morgan fingerprint density at radius 3 is 2.82 bits per heavy atom. The lowest BCUT2D eigenvalue weighted by atomic mass is 9.78. The first-order valence-electron chi connectivity index (χ1n) is 11.2. The Labute approximate surface area is 191 Å². The van der Waals surface area contributed by atoms with Crippen LogP contribution >= 0.6 is 0 Å². The van der Waals surface area contributed by atoms with E-state index in [4.69, 9.17) is 0 Å². The third-order valence-electron chi connectivity index (χ3n) is 6.18. The van der Waals surface area contributed by atoms with Crippen LogP contribution in [0.1, 0.15) is 42.0 Å². The summed E-state index contributed by atoms with van der Waals surface area (Å²) < 4.78 is 0. The van der Waals surface area contributed by atoms with Gasteiger partial charge in [0.05, 0.1) is 12.1 Å². The number of hydrogen-bond donors (Lipinski definition) is 4. The molecule has 8 nitrogen and oxygen atoms in total. The molecule has 5 rings (SSSR count). The van der Waals surface area contributed by atoms with Gasteiger partial charge in [0.25, 0.3) is 0 Å². The van der Waals surface area contributed by atoms with E-state index in [0.717, 1.165) is 40.6 Å². The first kappa shape index (κ1) is 20.9. The first-order valence-corrected chi connectivity index (χ1v) is 11.2. The first-order chi connectivity index (χ1) is 16.1. The molecule has 1 aliphatic rings. The maximum Gasteiger partial charge on any atom is 0.225 e. The Hall–Kier alpha value is -3.94. The highest BCUT2D eigenvalue weighted by molar-refractivity contribution is 5.90. The summed E-state index contributed by atoms with van der Waals surface area (Å²) in [6.07, 6.45) is 8.48. The number of nitrogens with zero attached hydrogens (tertiary/aromatic N) is 2. The van der Waals surface area contributed by atoms with Gasteiger partial charge in [0.2, 0.25) is 11.8 Å². The summed E-state index contributed by atoms with van der Waals surface area (Å²) >= 11 is 0. The highest BCUT2D eigenvalue weighted by atomic mass is 16.2. The lowest BCUT2D eigenvalue weighted by Gasteiger charge is -2.34. The van der Waals surface area contributed by atoms with Crippen molar-refractivity contribution in [3.05, 3.63) is 77.9 Å². The predicted molar refractivity (Wildman–Crippen MR) is 126 cm³/mol. The van der Waals surface area contributed by atoms with Gasteiger partial charge in [-0.05, 0) is 42.5 Å². The van der Waals surface area contributed by atoms with E-state index in [0.29, 0.717) is 25.1 Å². The van der Waals surface area contributed by atoms with Crippen LogP contribution in [0.25, 0.3) is 10.9 Å². The van der Waals surface area contributed by atoms with Crippen LogP contribution in [0.2, 0.25) is 0 Å². The Bertz CT molecular complexity index is 1260. The van der Waals surface area contributed by atoms with Gasteiger partial charge in [-0.25, -0.2) is 0 Å². The van der Waals surface area contributed by atoms with Crippen molar-refractivity contribution in [3.8, 4) is 0 Å². The van der Waals surface area contributed by atoms with E-state index >= 15 is 0 Å². The lowest BCUT2D eigenvalue weighted by Crippen LogP contribution is -2.44. The topological polar surface area (TPSA) is 116 Å². The van der Waals surface area contributed by atoms with Crippen molar-refractivity contribution in [2.75, 3.05) is 5.32 Å². The molecule has 0 atom stereocenters. The van der Waals surface area contributed by atoms with E-state index in [2.05, 4.69) is 30.8 Å². The second kappa shape index (κ2) is 9.28. The quantitative estimate of drug-likeness (QED) is 0.334. The highest BCUT2D eigenvalue weighted by Crippen LogP contribution is 2.36. The number of anilines is 1. The average molecular weight is 443 g/mol. The molecular weight excluding hydrogens is 416 g/mol. The minimum atomic E-state index is -0.0647. The van der Waals surface area contributed by atoms with Crippen LogP contribution in [-0.4, -0.2) is 38.0 Å². The fraction of sp³-hybridized carbons (Fsp3) is 0.280. The number of aromatic amines is 2. The van der Waals surface area contributed by atoms with Crippen molar-refractivity contribution < 1.29 is 9.59 Å². The number of pyridine rings is 1. The molecule has 8 heteroatoms. The standard InChI is InChI=1S/C25H26N6O2/c32-24(8-7-16-4-3-9-26-14-16)29-23-13-22(30-31-23)17-10-19(11-17)28-25(33)12-18-15-27-21-6-2-1-5-20(18)21/h1-6,9,13-15,17,19,27H,7-8,10-12H2,(H,28,33)(H2,29,30,31,32)/t17-,19+. The number of benzene rings is 1. The van der Waals surface area contributed by atoms with E-state index in [1.165, 1.54) is 0 Å². The van der Waals surface area contributed by atoms with Crippen molar-refractivity contribution in [2.24, 2.45) is 0 Å². The van der Waals surface area contributed by atoms with E-state index in [-0.39, 0.29) is 23.8 Å². The number of aryl methyl sites for hydroxylation is 1. The van der Waals surface area contributed by atoms with Gasteiger partial charge in [0, 0.05) is 53.9 Å². The van der Waals surface area contributed by atoms with Crippen LogP contribution in [-0.2, 0) is 22.4 Å². The van der Waals surface area contributed by atoms with Crippen LogP contribution in [0.15, 0.2) is 61.1 Å². The number of amides is 2. The van der Waals surface area contributed by atoms with E-state index < -0.39 is 0 Å². The SMILES string of the molecule is O=C(CCc1cccnc1)Nc1cc([C@H]2C[C@@H](NC(=O)Cc3c[nH]c4ccccc34)C2)n[nH]1. The molecule has 1 aromatic carbocycles. The highest BCUT2D eigenvalue weighted by Gasteiger charge is 2.33. The Kier molecular flexibility index (Phi) is 5.89. The molecule has 0 radical (unpaired) electrons. The molecule has 4 aromatic rings. The summed E-state index contributed by atoms with van der Waals surface area (Å²) in [7, 11) is 0. The van der Waals surface area contributed by atoms with Crippen LogP contribution in [0, 0.1) is 0 Å². The van der Waals surface area contributed by atoms with Crippen molar-refractivity contribution in [1.29, 1.82) is 0 Å². The zero-order valence-electron chi connectivity index (χ0n) is 18.2. The number of aromatic nitrogens is 4. The van der Waals surface area contributed by atoms with E-state index in [9.17, 15) is 9.59 Å². The third-order valence-corrected chi connectivity index (χ3v) is 6.18. The van der Waals surface area contributed by atoms with Crippen LogP contribution in [0.5, 0.6) is 0 Å². The van der Waals surface area contributed by atoms with Crippen molar-refractivity contribution >= 4 is 28.5 Å². The molecule has 0 aliphatic heterocycles. The monoisotopic (exact) mass is 442 g/mol. The Morgan fingerprint density at radius 1 is 1.09 bits per heavy atom. The molecule has 0 unspecified atom stereocenters. The van der Waals surface area contributed by atoms with Crippen LogP contribution in [0.3, 0.4) is 0 Å². The van der Waals surface area contributed by atoms with Gasteiger partial charge in [0.15, 0.2) is 0 Å². The van der Waals surface area contributed by atoms with E-state index in [1.807, 2.05) is 48.7 Å². The average Bonchev–Trinajstić information content (AvgIpc) is 3.42. The number of hydrogen-bond acceptors (Lipinski definition) is 4. The molecule has 1 fully saturated rings. The Morgan fingerprint density at radius 2 is 1.97 bits per heavy atom.